The summed E-state index contributed by atoms with van der Waals surface area (Å²) in [6.45, 7) is 4.18. The molecule has 0 rings (SSSR count). The lowest BCUT2D eigenvalue weighted by Gasteiger charge is -2.18. The highest BCUT2D eigenvalue weighted by molar-refractivity contribution is 7.87. The minimum Gasteiger partial charge on any atom is -0.468 e. The molecule has 18 heavy (non-hydrogen) atoms. The van der Waals surface area contributed by atoms with Crippen LogP contribution in [0.2, 0.25) is 0 Å². The van der Waals surface area contributed by atoms with Crippen molar-refractivity contribution < 1.29 is 22.7 Å². The summed E-state index contributed by atoms with van der Waals surface area (Å²) >= 11 is 0. The molecule has 0 aromatic rings. The van der Waals surface area contributed by atoms with Crippen molar-refractivity contribution in [1.29, 1.82) is 0 Å². The van der Waals surface area contributed by atoms with Crippen molar-refractivity contribution >= 4 is 16.2 Å². The van der Waals surface area contributed by atoms with Crippen molar-refractivity contribution in [3.63, 3.8) is 0 Å². The van der Waals surface area contributed by atoms with Gasteiger partial charge in [0.05, 0.1) is 13.7 Å². The number of carbonyl (C=O) groups excluding carboxylic acids is 1. The van der Waals surface area contributed by atoms with Gasteiger partial charge >= 0.3 is 5.97 Å². The van der Waals surface area contributed by atoms with Crippen LogP contribution in [0, 0.1) is 5.92 Å². The Bertz CT molecular complexity index is 342. The van der Waals surface area contributed by atoms with E-state index in [2.05, 4.69) is 14.2 Å². The molecule has 1 unspecified atom stereocenters. The molecule has 0 aromatic carbocycles. The largest absolute Gasteiger partial charge is 0.468 e. The number of ether oxygens (including phenoxy) is 2. The average molecular weight is 282 g/mol. The topological polar surface area (TPSA) is 93.7 Å². The van der Waals surface area contributed by atoms with E-state index in [0.717, 1.165) is 0 Å². The minimum absolute atomic E-state index is 0.140. The molecule has 0 amide bonds. The number of nitrogens with one attached hydrogen (secondary N) is 2. The summed E-state index contributed by atoms with van der Waals surface area (Å²) < 4.78 is 37.1. The second kappa shape index (κ2) is 8.41. The summed E-state index contributed by atoms with van der Waals surface area (Å²) in [5, 5.41) is 0. The highest BCUT2D eigenvalue weighted by atomic mass is 32.2. The Kier molecular flexibility index (Phi) is 8.08. The van der Waals surface area contributed by atoms with Crippen LogP contribution in [0.1, 0.15) is 20.3 Å². The minimum atomic E-state index is -3.73. The zero-order chi connectivity index (χ0) is 14.2. The summed E-state index contributed by atoms with van der Waals surface area (Å²) in [6, 6.07) is -0.880. The number of rotatable bonds is 9. The number of hydrogen-bond acceptors (Lipinski definition) is 5. The summed E-state index contributed by atoms with van der Waals surface area (Å²) in [7, 11) is -1.04. The van der Waals surface area contributed by atoms with E-state index in [1.807, 2.05) is 13.8 Å². The number of esters is 1. The van der Waals surface area contributed by atoms with Gasteiger partial charge in [-0.25, -0.2) is 0 Å². The number of hydrogen-bond donors (Lipinski definition) is 2. The first-order chi connectivity index (χ1) is 8.32. The van der Waals surface area contributed by atoms with Crippen molar-refractivity contribution in [3.05, 3.63) is 0 Å². The average Bonchev–Trinajstić information content (AvgIpc) is 2.26. The van der Waals surface area contributed by atoms with Gasteiger partial charge in [0.15, 0.2) is 0 Å². The van der Waals surface area contributed by atoms with Gasteiger partial charge in [-0.15, -0.1) is 0 Å². The monoisotopic (exact) mass is 282 g/mol. The van der Waals surface area contributed by atoms with Gasteiger partial charge in [-0.05, 0) is 12.3 Å². The second-order valence-electron chi connectivity index (χ2n) is 4.21. The van der Waals surface area contributed by atoms with Gasteiger partial charge in [-0.3, -0.25) is 4.79 Å². The van der Waals surface area contributed by atoms with Crippen LogP contribution in [-0.4, -0.2) is 47.8 Å². The van der Waals surface area contributed by atoms with Crippen LogP contribution in [0.15, 0.2) is 0 Å². The van der Waals surface area contributed by atoms with E-state index in [1.54, 1.807) is 0 Å². The summed E-state index contributed by atoms with van der Waals surface area (Å²) in [6.07, 6.45) is 0.373. The van der Waals surface area contributed by atoms with Crippen molar-refractivity contribution in [2.24, 2.45) is 5.92 Å². The molecule has 2 N–H and O–H groups in total. The van der Waals surface area contributed by atoms with E-state index in [4.69, 9.17) is 4.74 Å². The van der Waals surface area contributed by atoms with Crippen LogP contribution in [0.4, 0.5) is 0 Å². The molecular weight excluding hydrogens is 260 g/mol. The Morgan fingerprint density at radius 3 is 2.33 bits per heavy atom. The van der Waals surface area contributed by atoms with E-state index < -0.39 is 22.2 Å². The standard InChI is InChI=1S/C10H22N2O5S/c1-8(2)7-9(10(13)17-4)12-18(14,15)11-5-6-16-3/h8-9,11-12H,5-7H2,1-4H3. The Morgan fingerprint density at radius 2 is 1.89 bits per heavy atom. The van der Waals surface area contributed by atoms with Crippen LogP contribution in [0.25, 0.3) is 0 Å². The van der Waals surface area contributed by atoms with Crippen molar-refractivity contribution in [3.8, 4) is 0 Å². The third kappa shape index (κ3) is 7.59. The highest BCUT2D eigenvalue weighted by Gasteiger charge is 2.25. The Morgan fingerprint density at radius 1 is 1.28 bits per heavy atom. The zero-order valence-corrected chi connectivity index (χ0v) is 12.0. The molecular formula is C10H22N2O5S. The van der Waals surface area contributed by atoms with E-state index >= 15 is 0 Å². The lowest BCUT2D eigenvalue weighted by Crippen LogP contribution is -2.48. The van der Waals surface area contributed by atoms with Crippen molar-refractivity contribution in [2.45, 2.75) is 26.3 Å². The lowest BCUT2D eigenvalue weighted by molar-refractivity contribution is -0.143. The molecule has 0 saturated carbocycles. The highest BCUT2D eigenvalue weighted by Crippen LogP contribution is 2.06. The first-order valence-corrected chi connectivity index (χ1v) is 7.14. The third-order valence-electron chi connectivity index (χ3n) is 2.09. The summed E-state index contributed by atoms with van der Waals surface area (Å²) in [5.41, 5.74) is 0. The quantitative estimate of drug-likeness (QED) is 0.445. The molecule has 0 spiro atoms. The molecule has 0 aliphatic carbocycles. The maximum atomic E-state index is 11.6. The molecule has 108 valence electrons. The van der Waals surface area contributed by atoms with Gasteiger partial charge in [0.25, 0.3) is 10.2 Å². The van der Waals surface area contributed by atoms with E-state index in [0.29, 0.717) is 6.42 Å². The molecule has 8 heteroatoms. The van der Waals surface area contributed by atoms with E-state index in [9.17, 15) is 13.2 Å². The molecule has 1 atom stereocenters. The molecule has 7 nitrogen and oxygen atoms in total. The maximum Gasteiger partial charge on any atom is 0.323 e. The van der Waals surface area contributed by atoms with Gasteiger partial charge < -0.3 is 9.47 Å². The molecule has 0 aliphatic heterocycles. The second-order valence-corrected chi connectivity index (χ2v) is 5.74. The first-order valence-electron chi connectivity index (χ1n) is 5.66. The first kappa shape index (κ1) is 17.3. The molecule has 0 aromatic heterocycles. The lowest BCUT2D eigenvalue weighted by atomic mass is 10.1. The fourth-order valence-electron chi connectivity index (χ4n) is 1.31. The molecule has 0 bridgehead atoms. The fourth-order valence-corrected chi connectivity index (χ4v) is 2.32. The van der Waals surface area contributed by atoms with Crippen LogP contribution < -0.4 is 9.44 Å². The van der Waals surface area contributed by atoms with Crippen molar-refractivity contribution in [1.82, 2.24) is 9.44 Å². The Hall–Kier alpha value is -0.700. The molecule has 0 fully saturated rings. The Labute approximate surface area is 108 Å². The van der Waals surface area contributed by atoms with Gasteiger partial charge in [-0.1, -0.05) is 13.8 Å². The van der Waals surface area contributed by atoms with Crippen molar-refractivity contribution in [2.75, 3.05) is 27.4 Å². The van der Waals surface area contributed by atoms with Gasteiger partial charge in [0, 0.05) is 13.7 Å². The predicted octanol–water partition coefficient (Wildman–Crippen LogP) is -0.355. The normalized spacial score (nSPS) is 13.6. The maximum absolute atomic E-state index is 11.6. The smallest absolute Gasteiger partial charge is 0.323 e. The Balaban J connectivity index is 4.50. The van der Waals surface area contributed by atoms with Gasteiger partial charge in [-0.2, -0.15) is 17.9 Å². The summed E-state index contributed by atoms with van der Waals surface area (Å²) in [4.78, 5) is 11.5. The molecule has 0 radical (unpaired) electrons. The SMILES string of the molecule is COCCNS(=O)(=O)NC(CC(C)C)C(=O)OC. The molecule has 0 aliphatic rings. The van der Waals surface area contributed by atoms with Gasteiger partial charge in [0.2, 0.25) is 0 Å². The number of carbonyl (C=O) groups is 1. The fraction of sp³-hybridized carbons (Fsp3) is 0.900. The third-order valence-corrected chi connectivity index (χ3v) is 3.27. The van der Waals surface area contributed by atoms with E-state index in [1.165, 1.54) is 14.2 Å². The number of methoxy groups -OCH3 is 2. The van der Waals surface area contributed by atoms with Crippen LogP contribution in [0.5, 0.6) is 0 Å². The van der Waals surface area contributed by atoms with Crippen LogP contribution in [0.3, 0.4) is 0 Å². The predicted molar refractivity (Wildman–Crippen MR) is 67.2 cm³/mol. The zero-order valence-electron chi connectivity index (χ0n) is 11.2. The van der Waals surface area contributed by atoms with Crippen LogP contribution in [-0.2, 0) is 24.5 Å². The van der Waals surface area contributed by atoms with Crippen LogP contribution >= 0.6 is 0 Å². The molecule has 0 saturated heterocycles. The van der Waals surface area contributed by atoms with E-state index in [-0.39, 0.29) is 19.1 Å². The molecule has 0 heterocycles. The summed E-state index contributed by atoms with van der Waals surface area (Å²) in [5.74, 6) is -0.434. The van der Waals surface area contributed by atoms with Gasteiger partial charge in [0.1, 0.15) is 6.04 Å².